The molecule has 1 amide bonds. The first-order valence-electron chi connectivity index (χ1n) is 7.88. The first-order valence-corrected chi connectivity index (χ1v) is 7.88. The van der Waals surface area contributed by atoms with Crippen LogP contribution in [0.25, 0.3) is 0 Å². The second-order valence-corrected chi connectivity index (χ2v) is 5.91. The summed E-state index contributed by atoms with van der Waals surface area (Å²) in [6, 6.07) is 1.81. The van der Waals surface area contributed by atoms with Gasteiger partial charge in [-0.1, -0.05) is 5.16 Å². The van der Waals surface area contributed by atoms with Gasteiger partial charge in [-0.2, -0.15) is 0 Å². The molecule has 0 saturated carbocycles. The predicted octanol–water partition coefficient (Wildman–Crippen LogP) is 1.73. The number of amides is 1. The first-order chi connectivity index (χ1) is 11.1. The Hall–Kier alpha value is -2.44. The van der Waals surface area contributed by atoms with E-state index in [9.17, 15) is 4.79 Å². The molecule has 1 fully saturated rings. The maximum atomic E-state index is 12.3. The van der Waals surface area contributed by atoms with Crippen LogP contribution >= 0.6 is 0 Å². The van der Waals surface area contributed by atoms with E-state index in [1.165, 1.54) is 0 Å². The maximum Gasteiger partial charge on any atom is 0.256 e. The molecular formula is C16H21N5O2. The van der Waals surface area contributed by atoms with E-state index in [0.29, 0.717) is 29.5 Å². The molecule has 1 atom stereocenters. The Bertz CT molecular complexity index is 651. The van der Waals surface area contributed by atoms with E-state index in [0.717, 1.165) is 31.9 Å². The van der Waals surface area contributed by atoms with Gasteiger partial charge in [0.15, 0.2) is 0 Å². The summed E-state index contributed by atoms with van der Waals surface area (Å²) in [6.45, 7) is 5.97. The number of nitrogens with one attached hydrogen (secondary N) is 1. The molecule has 0 radical (unpaired) electrons. The molecule has 2 aromatic rings. The van der Waals surface area contributed by atoms with Crippen LogP contribution in [0, 0.1) is 19.8 Å². The van der Waals surface area contributed by atoms with Gasteiger partial charge in [-0.25, -0.2) is 9.97 Å². The number of hydrogen-bond acceptors (Lipinski definition) is 6. The van der Waals surface area contributed by atoms with Gasteiger partial charge in [-0.15, -0.1) is 0 Å². The number of aromatic nitrogens is 3. The van der Waals surface area contributed by atoms with Crippen molar-refractivity contribution in [3.63, 3.8) is 0 Å². The predicted molar refractivity (Wildman–Crippen MR) is 85.3 cm³/mol. The van der Waals surface area contributed by atoms with E-state index < -0.39 is 0 Å². The van der Waals surface area contributed by atoms with Crippen LogP contribution in [0.5, 0.6) is 0 Å². The van der Waals surface area contributed by atoms with Crippen molar-refractivity contribution in [1.29, 1.82) is 0 Å². The molecule has 0 aliphatic carbocycles. The van der Waals surface area contributed by atoms with E-state index in [2.05, 4.69) is 25.3 Å². The highest BCUT2D eigenvalue weighted by molar-refractivity contribution is 5.96. The molecule has 1 N–H and O–H groups in total. The minimum atomic E-state index is -0.116. The molecule has 1 aliphatic rings. The lowest BCUT2D eigenvalue weighted by Crippen LogP contribution is -2.41. The molecule has 1 aliphatic heterocycles. The fraction of sp³-hybridized carbons (Fsp3) is 0.500. The van der Waals surface area contributed by atoms with Gasteiger partial charge >= 0.3 is 0 Å². The van der Waals surface area contributed by atoms with Crippen molar-refractivity contribution in [1.82, 2.24) is 20.4 Å². The number of nitrogens with zero attached hydrogens (tertiary/aromatic N) is 4. The van der Waals surface area contributed by atoms with Crippen LogP contribution < -0.4 is 10.2 Å². The zero-order valence-electron chi connectivity index (χ0n) is 13.5. The van der Waals surface area contributed by atoms with Crippen molar-refractivity contribution >= 4 is 11.9 Å². The van der Waals surface area contributed by atoms with Gasteiger partial charge in [0.05, 0.1) is 5.69 Å². The second-order valence-electron chi connectivity index (χ2n) is 5.91. The third kappa shape index (κ3) is 3.49. The van der Waals surface area contributed by atoms with Gasteiger partial charge in [0.1, 0.15) is 11.3 Å². The first kappa shape index (κ1) is 15.5. The lowest BCUT2D eigenvalue weighted by Gasteiger charge is -2.32. The zero-order chi connectivity index (χ0) is 16.2. The van der Waals surface area contributed by atoms with Crippen molar-refractivity contribution in [2.24, 2.45) is 5.92 Å². The summed E-state index contributed by atoms with van der Waals surface area (Å²) in [6.07, 6.45) is 5.67. The van der Waals surface area contributed by atoms with Gasteiger partial charge in [-0.3, -0.25) is 4.79 Å². The number of piperidine rings is 1. The maximum absolute atomic E-state index is 12.3. The van der Waals surface area contributed by atoms with Crippen molar-refractivity contribution in [2.75, 3.05) is 24.5 Å². The van der Waals surface area contributed by atoms with Crippen LogP contribution in [0.3, 0.4) is 0 Å². The Labute approximate surface area is 135 Å². The molecule has 23 heavy (non-hydrogen) atoms. The molecule has 7 heteroatoms. The topological polar surface area (TPSA) is 84.2 Å². The summed E-state index contributed by atoms with van der Waals surface area (Å²) >= 11 is 0. The highest BCUT2D eigenvalue weighted by Gasteiger charge is 2.23. The second kappa shape index (κ2) is 6.76. The lowest BCUT2D eigenvalue weighted by molar-refractivity contribution is 0.0943. The Kier molecular flexibility index (Phi) is 4.55. The number of aryl methyl sites for hydroxylation is 2. The van der Waals surface area contributed by atoms with Crippen molar-refractivity contribution < 1.29 is 9.32 Å². The Morgan fingerprint density at radius 1 is 1.39 bits per heavy atom. The monoisotopic (exact) mass is 315 g/mol. The molecule has 7 nitrogen and oxygen atoms in total. The van der Waals surface area contributed by atoms with Crippen molar-refractivity contribution in [3.05, 3.63) is 35.5 Å². The number of hydrogen-bond donors (Lipinski definition) is 1. The van der Waals surface area contributed by atoms with Gasteiger partial charge in [-0.05, 0) is 38.7 Å². The van der Waals surface area contributed by atoms with Crippen molar-refractivity contribution in [2.45, 2.75) is 26.7 Å². The molecule has 0 spiro atoms. The van der Waals surface area contributed by atoms with Crippen LogP contribution in [0.1, 0.15) is 34.7 Å². The summed E-state index contributed by atoms with van der Waals surface area (Å²) in [7, 11) is 0. The summed E-state index contributed by atoms with van der Waals surface area (Å²) in [5, 5.41) is 6.83. The summed E-state index contributed by atoms with van der Waals surface area (Å²) < 4.78 is 5.05. The summed E-state index contributed by atoms with van der Waals surface area (Å²) in [5.41, 5.74) is 1.17. The smallest absolute Gasteiger partial charge is 0.256 e. The molecule has 1 saturated heterocycles. The van der Waals surface area contributed by atoms with Crippen LogP contribution in [0.15, 0.2) is 23.0 Å². The average Bonchev–Trinajstić information content (AvgIpc) is 2.92. The van der Waals surface area contributed by atoms with Crippen LogP contribution in [0.2, 0.25) is 0 Å². The highest BCUT2D eigenvalue weighted by Crippen LogP contribution is 2.20. The van der Waals surface area contributed by atoms with Gasteiger partial charge in [0.2, 0.25) is 5.95 Å². The molecule has 3 heterocycles. The summed E-state index contributed by atoms with van der Waals surface area (Å²) in [4.78, 5) is 23.1. The lowest BCUT2D eigenvalue weighted by atomic mass is 9.98. The van der Waals surface area contributed by atoms with Crippen LogP contribution in [0.4, 0.5) is 5.95 Å². The molecule has 0 aromatic carbocycles. The Morgan fingerprint density at radius 2 is 2.17 bits per heavy atom. The Morgan fingerprint density at radius 3 is 2.87 bits per heavy atom. The van der Waals surface area contributed by atoms with Crippen molar-refractivity contribution in [3.8, 4) is 0 Å². The minimum Gasteiger partial charge on any atom is -0.361 e. The van der Waals surface area contributed by atoms with Gasteiger partial charge in [0.25, 0.3) is 5.91 Å². The average molecular weight is 315 g/mol. The standard InChI is InChI=1S/C16H21N5O2/c1-11-14(12(2)23-20-11)15(22)19-9-13-5-3-8-21(10-13)16-17-6-4-7-18-16/h4,6-7,13H,3,5,8-10H2,1-2H3,(H,19,22). The van der Waals surface area contributed by atoms with Crippen LogP contribution in [-0.2, 0) is 0 Å². The quantitative estimate of drug-likeness (QED) is 0.925. The fourth-order valence-electron chi connectivity index (χ4n) is 3.00. The molecule has 0 bridgehead atoms. The number of anilines is 1. The molecule has 1 unspecified atom stereocenters. The van der Waals surface area contributed by atoms with E-state index in [-0.39, 0.29) is 5.91 Å². The summed E-state index contributed by atoms with van der Waals surface area (Å²) in [5.74, 6) is 1.59. The minimum absolute atomic E-state index is 0.116. The molecular weight excluding hydrogens is 294 g/mol. The molecule has 2 aromatic heterocycles. The molecule has 122 valence electrons. The van der Waals surface area contributed by atoms with E-state index in [1.807, 2.05) is 6.07 Å². The fourth-order valence-corrected chi connectivity index (χ4v) is 3.00. The Balaban J connectivity index is 1.57. The number of carbonyl (C=O) groups is 1. The normalized spacial score (nSPS) is 18.0. The van der Waals surface area contributed by atoms with E-state index >= 15 is 0 Å². The highest BCUT2D eigenvalue weighted by atomic mass is 16.5. The third-order valence-corrected chi connectivity index (χ3v) is 4.17. The van der Waals surface area contributed by atoms with E-state index in [1.54, 1.807) is 26.2 Å². The van der Waals surface area contributed by atoms with E-state index in [4.69, 9.17) is 4.52 Å². The molecule has 3 rings (SSSR count). The van der Waals surface area contributed by atoms with Gasteiger partial charge in [0, 0.05) is 32.0 Å². The zero-order valence-corrected chi connectivity index (χ0v) is 13.5. The third-order valence-electron chi connectivity index (χ3n) is 4.17. The number of carbonyl (C=O) groups excluding carboxylic acids is 1. The van der Waals surface area contributed by atoms with Crippen LogP contribution in [-0.4, -0.2) is 40.7 Å². The number of rotatable bonds is 4. The van der Waals surface area contributed by atoms with Gasteiger partial charge < -0.3 is 14.7 Å². The SMILES string of the molecule is Cc1noc(C)c1C(=O)NCC1CCCN(c2ncccn2)C1. The largest absolute Gasteiger partial charge is 0.361 e.